The maximum absolute atomic E-state index is 9.27. The molecule has 0 bridgehead atoms. The molecule has 1 aromatic carbocycles. The molecule has 4 heteroatoms. The number of rotatable bonds is 4. The molecule has 0 aliphatic heterocycles. The van der Waals surface area contributed by atoms with E-state index in [0.717, 1.165) is 5.69 Å². The molecular formula is C14H21ClN2O. The second-order valence-electron chi connectivity index (χ2n) is 4.91. The van der Waals surface area contributed by atoms with Crippen LogP contribution in [0.5, 0.6) is 0 Å². The molecule has 0 unspecified atom stereocenters. The van der Waals surface area contributed by atoms with Gasteiger partial charge in [-0.1, -0.05) is 30.9 Å². The molecule has 2 rings (SSSR count). The van der Waals surface area contributed by atoms with Gasteiger partial charge in [-0.2, -0.15) is 0 Å². The highest BCUT2D eigenvalue weighted by molar-refractivity contribution is 6.31. The lowest BCUT2D eigenvalue weighted by atomic mass is 9.93. The molecule has 3 nitrogen and oxygen atoms in total. The van der Waals surface area contributed by atoms with E-state index < -0.39 is 0 Å². The van der Waals surface area contributed by atoms with Crippen molar-refractivity contribution in [2.24, 2.45) is 0 Å². The molecule has 1 aromatic rings. The Kier molecular flexibility index (Phi) is 4.72. The molecule has 0 radical (unpaired) electrons. The first-order valence-electron chi connectivity index (χ1n) is 6.65. The predicted molar refractivity (Wildman–Crippen MR) is 77.2 cm³/mol. The van der Waals surface area contributed by atoms with Crippen molar-refractivity contribution in [2.45, 2.75) is 38.1 Å². The van der Waals surface area contributed by atoms with Crippen LogP contribution in [-0.4, -0.2) is 24.3 Å². The molecule has 18 heavy (non-hydrogen) atoms. The highest BCUT2D eigenvalue weighted by Crippen LogP contribution is 2.32. The van der Waals surface area contributed by atoms with Crippen molar-refractivity contribution >= 4 is 23.0 Å². The lowest BCUT2D eigenvalue weighted by Crippen LogP contribution is -2.39. The summed E-state index contributed by atoms with van der Waals surface area (Å²) in [5.74, 6) is 0. The van der Waals surface area contributed by atoms with Crippen LogP contribution in [0.3, 0.4) is 0 Å². The van der Waals surface area contributed by atoms with Gasteiger partial charge in [0.1, 0.15) is 0 Å². The van der Waals surface area contributed by atoms with E-state index in [4.69, 9.17) is 17.3 Å². The normalized spacial score (nSPS) is 16.8. The minimum Gasteiger partial charge on any atom is -0.397 e. The molecule has 1 aliphatic carbocycles. The average Bonchev–Trinajstić information content (AvgIpc) is 2.38. The average molecular weight is 269 g/mol. The molecule has 0 saturated heterocycles. The lowest BCUT2D eigenvalue weighted by molar-refractivity contribution is 0.290. The minimum atomic E-state index is 0.151. The summed E-state index contributed by atoms with van der Waals surface area (Å²) >= 11 is 5.94. The van der Waals surface area contributed by atoms with E-state index >= 15 is 0 Å². The van der Waals surface area contributed by atoms with Crippen molar-refractivity contribution in [1.29, 1.82) is 0 Å². The van der Waals surface area contributed by atoms with Crippen molar-refractivity contribution in [3.05, 3.63) is 23.2 Å². The van der Waals surface area contributed by atoms with Crippen molar-refractivity contribution in [3.63, 3.8) is 0 Å². The fourth-order valence-corrected chi connectivity index (χ4v) is 2.97. The number of halogens is 1. The van der Waals surface area contributed by atoms with Gasteiger partial charge in [0.2, 0.25) is 0 Å². The van der Waals surface area contributed by atoms with E-state index in [1.165, 1.54) is 32.1 Å². The van der Waals surface area contributed by atoms with Gasteiger partial charge in [-0.15, -0.1) is 0 Å². The van der Waals surface area contributed by atoms with E-state index in [1.54, 1.807) is 6.07 Å². The van der Waals surface area contributed by atoms with Crippen LogP contribution in [0.4, 0.5) is 11.4 Å². The third kappa shape index (κ3) is 3.09. The van der Waals surface area contributed by atoms with E-state index in [1.807, 2.05) is 12.1 Å². The number of nitrogen functional groups attached to an aromatic ring is 1. The zero-order valence-electron chi connectivity index (χ0n) is 10.6. The maximum Gasteiger partial charge on any atom is 0.0606 e. The SMILES string of the molecule is Nc1cc(Cl)ccc1N(CCO)C1CCCCC1. The summed E-state index contributed by atoms with van der Waals surface area (Å²) in [4.78, 5) is 2.24. The molecule has 0 amide bonds. The van der Waals surface area contributed by atoms with E-state index in [0.29, 0.717) is 23.3 Å². The smallest absolute Gasteiger partial charge is 0.0606 e. The first-order chi connectivity index (χ1) is 8.72. The third-order valence-corrected chi connectivity index (χ3v) is 3.89. The second-order valence-corrected chi connectivity index (χ2v) is 5.35. The standard InChI is InChI=1S/C14H21ClN2O/c15-11-6-7-14(13(16)10-11)17(8-9-18)12-4-2-1-3-5-12/h6-7,10,12,18H,1-5,8-9,16H2. The Labute approximate surface area is 114 Å². The van der Waals surface area contributed by atoms with Crippen molar-refractivity contribution < 1.29 is 5.11 Å². The Morgan fingerprint density at radius 1 is 1.28 bits per heavy atom. The van der Waals surface area contributed by atoms with Gasteiger partial charge >= 0.3 is 0 Å². The highest BCUT2D eigenvalue weighted by Gasteiger charge is 2.22. The second kappa shape index (κ2) is 6.30. The summed E-state index contributed by atoms with van der Waals surface area (Å²) in [6, 6.07) is 6.10. The van der Waals surface area contributed by atoms with Crippen LogP contribution in [0.1, 0.15) is 32.1 Å². The monoisotopic (exact) mass is 268 g/mol. The Balaban J connectivity index is 2.22. The van der Waals surface area contributed by atoms with E-state index in [-0.39, 0.29) is 6.61 Å². The lowest BCUT2D eigenvalue weighted by Gasteiger charge is -2.36. The van der Waals surface area contributed by atoms with Gasteiger partial charge in [-0.05, 0) is 31.0 Å². The Hall–Kier alpha value is -0.930. The highest BCUT2D eigenvalue weighted by atomic mass is 35.5. The summed E-state index contributed by atoms with van der Waals surface area (Å²) in [7, 11) is 0. The van der Waals surface area contributed by atoms with Gasteiger partial charge in [-0.25, -0.2) is 0 Å². The molecule has 0 aromatic heterocycles. The van der Waals surface area contributed by atoms with Gasteiger partial charge in [-0.3, -0.25) is 0 Å². The van der Waals surface area contributed by atoms with Gasteiger partial charge in [0, 0.05) is 17.6 Å². The molecule has 1 fully saturated rings. The summed E-state index contributed by atoms with van der Waals surface area (Å²) in [6.45, 7) is 0.787. The third-order valence-electron chi connectivity index (χ3n) is 3.66. The van der Waals surface area contributed by atoms with Crippen LogP contribution >= 0.6 is 11.6 Å². The predicted octanol–water partition coefficient (Wildman–Crippen LogP) is 3.05. The number of hydrogen-bond acceptors (Lipinski definition) is 3. The fraction of sp³-hybridized carbons (Fsp3) is 0.571. The Morgan fingerprint density at radius 3 is 2.61 bits per heavy atom. The topological polar surface area (TPSA) is 49.5 Å². The molecule has 100 valence electrons. The molecular weight excluding hydrogens is 248 g/mol. The van der Waals surface area contributed by atoms with Crippen LogP contribution in [0.15, 0.2) is 18.2 Å². The van der Waals surface area contributed by atoms with Crippen LogP contribution in [-0.2, 0) is 0 Å². The number of hydrogen-bond donors (Lipinski definition) is 2. The molecule has 0 spiro atoms. The molecule has 1 saturated carbocycles. The molecule has 0 atom stereocenters. The first kappa shape index (κ1) is 13.5. The first-order valence-corrected chi connectivity index (χ1v) is 7.02. The maximum atomic E-state index is 9.27. The quantitative estimate of drug-likeness (QED) is 0.825. The summed E-state index contributed by atoms with van der Waals surface area (Å²) in [5, 5.41) is 9.92. The van der Waals surface area contributed by atoms with E-state index in [9.17, 15) is 5.11 Å². The largest absolute Gasteiger partial charge is 0.397 e. The van der Waals surface area contributed by atoms with Crippen LogP contribution in [0, 0.1) is 0 Å². The van der Waals surface area contributed by atoms with Gasteiger partial charge in [0.25, 0.3) is 0 Å². The molecule has 3 N–H and O–H groups in total. The zero-order chi connectivity index (χ0) is 13.0. The summed E-state index contributed by atoms with van der Waals surface area (Å²) in [6.07, 6.45) is 6.21. The van der Waals surface area contributed by atoms with Gasteiger partial charge < -0.3 is 15.7 Å². The number of anilines is 2. The minimum absolute atomic E-state index is 0.151. The van der Waals surface area contributed by atoms with E-state index in [2.05, 4.69) is 4.90 Å². The number of nitrogens with zero attached hydrogens (tertiary/aromatic N) is 1. The Morgan fingerprint density at radius 2 is 2.00 bits per heavy atom. The van der Waals surface area contributed by atoms with Gasteiger partial charge in [0.05, 0.1) is 18.0 Å². The number of aliphatic hydroxyl groups is 1. The fourth-order valence-electron chi connectivity index (χ4n) is 2.79. The number of aliphatic hydroxyl groups excluding tert-OH is 1. The Bertz CT molecular complexity index is 391. The zero-order valence-corrected chi connectivity index (χ0v) is 11.4. The summed E-state index contributed by atoms with van der Waals surface area (Å²) < 4.78 is 0. The molecule has 1 aliphatic rings. The van der Waals surface area contributed by atoms with Crippen molar-refractivity contribution in [2.75, 3.05) is 23.8 Å². The van der Waals surface area contributed by atoms with Crippen molar-refractivity contribution in [3.8, 4) is 0 Å². The molecule has 0 heterocycles. The van der Waals surface area contributed by atoms with Gasteiger partial charge in [0.15, 0.2) is 0 Å². The number of nitrogens with two attached hydrogens (primary N) is 1. The summed E-state index contributed by atoms with van der Waals surface area (Å²) in [5.41, 5.74) is 7.75. The van der Waals surface area contributed by atoms with Crippen LogP contribution in [0.2, 0.25) is 5.02 Å². The van der Waals surface area contributed by atoms with Crippen LogP contribution < -0.4 is 10.6 Å². The van der Waals surface area contributed by atoms with Crippen LogP contribution in [0.25, 0.3) is 0 Å². The van der Waals surface area contributed by atoms with Crippen molar-refractivity contribution in [1.82, 2.24) is 0 Å². The number of benzene rings is 1.